The molecule has 2 rings (SSSR count). The van der Waals surface area contributed by atoms with Crippen molar-refractivity contribution < 1.29 is 9.15 Å². The fraction of sp³-hybridized carbons (Fsp3) is 0.412. The average molecular weight is 288 g/mol. The van der Waals surface area contributed by atoms with E-state index in [1.54, 1.807) is 19.6 Å². The van der Waals surface area contributed by atoms with Gasteiger partial charge in [-0.05, 0) is 31.7 Å². The zero-order valence-corrected chi connectivity index (χ0v) is 13.2. The van der Waals surface area contributed by atoms with Crippen LogP contribution in [0, 0.1) is 0 Å². The van der Waals surface area contributed by atoms with Crippen LogP contribution in [0.2, 0.25) is 0 Å². The second-order valence-corrected chi connectivity index (χ2v) is 5.16. The first-order chi connectivity index (χ1) is 10.2. The number of hydrogen-bond donors (Lipinski definition) is 1. The summed E-state index contributed by atoms with van der Waals surface area (Å²) in [6, 6.07) is 8.39. The summed E-state index contributed by atoms with van der Waals surface area (Å²) < 4.78 is 10.7. The standard InChI is InChI=1S/C17H24N2O2/c1-5-18-13(2)17-15(7-6-8-16(17)20-4)19(3)11-14-9-10-21-12-14/h6-10,12-13,18H,5,11H2,1-4H3. The van der Waals surface area contributed by atoms with Gasteiger partial charge < -0.3 is 19.4 Å². The van der Waals surface area contributed by atoms with Crippen molar-refractivity contribution in [2.45, 2.75) is 26.4 Å². The summed E-state index contributed by atoms with van der Waals surface area (Å²) in [5.74, 6) is 0.917. The normalized spacial score (nSPS) is 12.2. The molecule has 1 aromatic carbocycles. The molecule has 0 saturated carbocycles. The lowest BCUT2D eigenvalue weighted by atomic mass is 10.0. The van der Waals surface area contributed by atoms with Crippen LogP contribution in [0.3, 0.4) is 0 Å². The van der Waals surface area contributed by atoms with Crippen LogP contribution in [-0.2, 0) is 6.54 Å². The van der Waals surface area contributed by atoms with E-state index in [4.69, 9.17) is 9.15 Å². The van der Waals surface area contributed by atoms with E-state index in [2.05, 4.69) is 37.2 Å². The molecule has 0 spiro atoms. The Morgan fingerprint density at radius 3 is 2.76 bits per heavy atom. The predicted octanol–water partition coefficient (Wildman–Crippen LogP) is 3.60. The van der Waals surface area contributed by atoms with E-state index in [0.29, 0.717) is 0 Å². The van der Waals surface area contributed by atoms with Gasteiger partial charge in [-0.25, -0.2) is 0 Å². The van der Waals surface area contributed by atoms with Gasteiger partial charge in [0, 0.05) is 36.4 Å². The molecule has 1 heterocycles. The number of ether oxygens (including phenoxy) is 1. The molecule has 0 fully saturated rings. The number of anilines is 1. The van der Waals surface area contributed by atoms with Gasteiger partial charge in [-0.3, -0.25) is 0 Å². The third kappa shape index (κ3) is 3.58. The van der Waals surface area contributed by atoms with Crippen LogP contribution in [0.25, 0.3) is 0 Å². The van der Waals surface area contributed by atoms with Crippen LogP contribution in [0.15, 0.2) is 41.2 Å². The number of furan rings is 1. The van der Waals surface area contributed by atoms with Gasteiger partial charge in [0.1, 0.15) is 5.75 Å². The smallest absolute Gasteiger partial charge is 0.125 e. The second-order valence-electron chi connectivity index (χ2n) is 5.16. The van der Waals surface area contributed by atoms with Crippen LogP contribution in [0.5, 0.6) is 5.75 Å². The molecule has 0 radical (unpaired) electrons. The Labute approximate surface area is 126 Å². The largest absolute Gasteiger partial charge is 0.496 e. The maximum atomic E-state index is 5.55. The molecule has 1 unspecified atom stereocenters. The lowest BCUT2D eigenvalue weighted by Gasteiger charge is -2.26. The highest BCUT2D eigenvalue weighted by molar-refractivity contribution is 5.60. The molecule has 1 aromatic heterocycles. The fourth-order valence-corrected chi connectivity index (χ4v) is 2.63. The Hall–Kier alpha value is -1.94. The summed E-state index contributed by atoms with van der Waals surface area (Å²) in [6.07, 6.45) is 3.49. The van der Waals surface area contributed by atoms with Gasteiger partial charge in [0.2, 0.25) is 0 Å². The molecular formula is C17H24N2O2. The van der Waals surface area contributed by atoms with E-state index in [1.165, 1.54) is 11.3 Å². The molecule has 21 heavy (non-hydrogen) atoms. The van der Waals surface area contributed by atoms with Gasteiger partial charge in [-0.2, -0.15) is 0 Å². The topological polar surface area (TPSA) is 37.6 Å². The first-order valence-electron chi connectivity index (χ1n) is 7.29. The molecule has 1 atom stereocenters. The second kappa shape index (κ2) is 7.18. The highest BCUT2D eigenvalue weighted by atomic mass is 16.5. The third-order valence-electron chi connectivity index (χ3n) is 3.62. The lowest BCUT2D eigenvalue weighted by molar-refractivity contribution is 0.402. The number of nitrogens with zero attached hydrogens (tertiary/aromatic N) is 1. The van der Waals surface area contributed by atoms with Crippen molar-refractivity contribution in [3.05, 3.63) is 47.9 Å². The molecule has 0 saturated heterocycles. The van der Waals surface area contributed by atoms with Crippen LogP contribution < -0.4 is 15.0 Å². The minimum absolute atomic E-state index is 0.230. The van der Waals surface area contributed by atoms with Gasteiger partial charge in [0.05, 0.1) is 19.6 Å². The summed E-state index contributed by atoms with van der Waals surface area (Å²) in [5, 5.41) is 3.47. The first kappa shape index (κ1) is 15.4. The first-order valence-corrected chi connectivity index (χ1v) is 7.29. The minimum atomic E-state index is 0.230. The van der Waals surface area contributed by atoms with E-state index in [-0.39, 0.29) is 6.04 Å². The Morgan fingerprint density at radius 2 is 2.14 bits per heavy atom. The minimum Gasteiger partial charge on any atom is -0.496 e. The van der Waals surface area contributed by atoms with Gasteiger partial charge in [-0.1, -0.05) is 13.0 Å². The van der Waals surface area contributed by atoms with Gasteiger partial charge in [-0.15, -0.1) is 0 Å². The van der Waals surface area contributed by atoms with Crippen LogP contribution in [0.4, 0.5) is 5.69 Å². The molecule has 0 aliphatic carbocycles. The summed E-state index contributed by atoms with van der Waals surface area (Å²) >= 11 is 0. The SMILES string of the molecule is CCNC(C)c1c(OC)cccc1N(C)Cc1ccoc1. The van der Waals surface area contributed by atoms with Gasteiger partial charge in [0.15, 0.2) is 0 Å². The van der Waals surface area contributed by atoms with Crippen molar-refractivity contribution in [3.8, 4) is 5.75 Å². The van der Waals surface area contributed by atoms with Crippen LogP contribution in [0.1, 0.15) is 31.0 Å². The van der Waals surface area contributed by atoms with E-state index < -0.39 is 0 Å². The number of methoxy groups -OCH3 is 1. The van der Waals surface area contributed by atoms with Gasteiger partial charge in [0.25, 0.3) is 0 Å². The molecular weight excluding hydrogens is 264 g/mol. The van der Waals surface area contributed by atoms with E-state index in [9.17, 15) is 0 Å². The third-order valence-corrected chi connectivity index (χ3v) is 3.62. The highest BCUT2D eigenvalue weighted by Crippen LogP contribution is 2.34. The monoisotopic (exact) mass is 288 g/mol. The van der Waals surface area contributed by atoms with Crippen molar-refractivity contribution in [1.29, 1.82) is 0 Å². The molecule has 0 aliphatic rings. The summed E-state index contributed by atoms with van der Waals surface area (Å²) in [7, 11) is 3.81. The highest BCUT2D eigenvalue weighted by Gasteiger charge is 2.18. The summed E-state index contributed by atoms with van der Waals surface area (Å²) in [5.41, 5.74) is 3.51. The lowest BCUT2D eigenvalue weighted by Crippen LogP contribution is -2.23. The van der Waals surface area contributed by atoms with Crippen molar-refractivity contribution in [2.24, 2.45) is 0 Å². The van der Waals surface area contributed by atoms with E-state index >= 15 is 0 Å². The zero-order chi connectivity index (χ0) is 15.2. The molecule has 1 N–H and O–H groups in total. The Morgan fingerprint density at radius 1 is 1.33 bits per heavy atom. The van der Waals surface area contributed by atoms with Crippen LogP contribution >= 0.6 is 0 Å². The summed E-state index contributed by atoms with van der Waals surface area (Å²) in [6.45, 7) is 6.00. The fourth-order valence-electron chi connectivity index (χ4n) is 2.63. The van der Waals surface area contributed by atoms with Gasteiger partial charge >= 0.3 is 0 Å². The van der Waals surface area contributed by atoms with Crippen LogP contribution in [-0.4, -0.2) is 20.7 Å². The molecule has 114 valence electrons. The average Bonchev–Trinajstić information content (AvgIpc) is 2.99. The maximum absolute atomic E-state index is 5.55. The number of hydrogen-bond acceptors (Lipinski definition) is 4. The van der Waals surface area contributed by atoms with E-state index in [0.717, 1.165) is 24.4 Å². The predicted molar refractivity (Wildman–Crippen MR) is 85.9 cm³/mol. The molecule has 4 heteroatoms. The molecule has 0 aliphatic heterocycles. The number of benzene rings is 1. The molecule has 0 bridgehead atoms. The molecule has 2 aromatic rings. The number of nitrogens with one attached hydrogen (secondary N) is 1. The van der Waals surface area contributed by atoms with Crippen molar-refractivity contribution in [1.82, 2.24) is 5.32 Å². The Kier molecular flexibility index (Phi) is 5.28. The van der Waals surface area contributed by atoms with Crippen molar-refractivity contribution in [3.63, 3.8) is 0 Å². The zero-order valence-electron chi connectivity index (χ0n) is 13.2. The quantitative estimate of drug-likeness (QED) is 0.845. The Bertz CT molecular complexity index is 552. The molecule has 0 amide bonds. The maximum Gasteiger partial charge on any atom is 0.125 e. The van der Waals surface area contributed by atoms with E-state index in [1.807, 2.05) is 18.2 Å². The molecule has 4 nitrogen and oxygen atoms in total. The van der Waals surface area contributed by atoms with Crippen molar-refractivity contribution >= 4 is 5.69 Å². The summed E-state index contributed by atoms with van der Waals surface area (Å²) in [4.78, 5) is 2.22. The number of rotatable bonds is 7. The Balaban J connectivity index is 2.32. The van der Waals surface area contributed by atoms with Crippen molar-refractivity contribution in [2.75, 3.05) is 25.6 Å².